The van der Waals surface area contributed by atoms with E-state index in [1.54, 1.807) is 18.9 Å². The smallest absolute Gasteiger partial charge is 0.320 e. The van der Waals surface area contributed by atoms with Crippen molar-refractivity contribution in [3.63, 3.8) is 0 Å². The molecule has 0 aromatic carbocycles. The first-order valence-corrected chi connectivity index (χ1v) is 5.55. The summed E-state index contributed by atoms with van der Waals surface area (Å²) in [6.07, 6.45) is 0. The molecule has 0 heterocycles. The van der Waals surface area contributed by atoms with E-state index in [2.05, 4.69) is 5.32 Å². The molecule has 0 aliphatic rings. The fourth-order valence-electron chi connectivity index (χ4n) is 1.38. The average molecular weight is 230 g/mol. The zero-order valence-corrected chi connectivity index (χ0v) is 10.7. The Bertz CT molecular complexity index is 254. The fourth-order valence-corrected chi connectivity index (χ4v) is 1.38. The van der Waals surface area contributed by atoms with Crippen LogP contribution in [-0.4, -0.2) is 47.6 Å². The first kappa shape index (κ1) is 14.9. The van der Waals surface area contributed by atoms with Crippen LogP contribution in [0.1, 0.15) is 27.7 Å². The van der Waals surface area contributed by atoms with Crippen molar-refractivity contribution in [1.82, 2.24) is 10.2 Å². The molecule has 94 valence electrons. The van der Waals surface area contributed by atoms with Crippen LogP contribution < -0.4 is 5.32 Å². The van der Waals surface area contributed by atoms with Crippen LogP contribution in [0.25, 0.3) is 0 Å². The molecule has 0 aliphatic heterocycles. The third-order valence-electron chi connectivity index (χ3n) is 2.58. The van der Waals surface area contributed by atoms with Crippen LogP contribution in [0.4, 0.5) is 0 Å². The molecular weight excluding hydrogens is 208 g/mol. The number of nitrogens with one attached hydrogen (secondary N) is 1. The van der Waals surface area contributed by atoms with Gasteiger partial charge in [0, 0.05) is 13.6 Å². The highest BCUT2D eigenvalue weighted by atomic mass is 16.4. The van der Waals surface area contributed by atoms with Crippen LogP contribution in [0.5, 0.6) is 0 Å². The van der Waals surface area contributed by atoms with Crippen molar-refractivity contribution in [1.29, 1.82) is 0 Å². The standard InChI is InChI=1S/C11H22N2O3/c1-6-13(5)10(14)8(4)12-9(7(2)3)11(15)16/h7-9,12H,6H2,1-5H3,(H,15,16). The Hall–Kier alpha value is -1.10. The Morgan fingerprint density at radius 1 is 1.31 bits per heavy atom. The number of likely N-dealkylation sites (N-methyl/N-ethyl adjacent to an activating group) is 1. The maximum absolute atomic E-state index is 11.7. The second kappa shape index (κ2) is 6.48. The molecule has 0 fully saturated rings. The molecule has 5 heteroatoms. The summed E-state index contributed by atoms with van der Waals surface area (Å²) in [7, 11) is 1.70. The van der Waals surface area contributed by atoms with Gasteiger partial charge in [-0.3, -0.25) is 14.9 Å². The summed E-state index contributed by atoms with van der Waals surface area (Å²) < 4.78 is 0. The molecule has 0 saturated carbocycles. The molecule has 0 saturated heterocycles. The lowest BCUT2D eigenvalue weighted by Crippen LogP contribution is -2.51. The van der Waals surface area contributed by atoms with Crippen LogP contribution >= 0.6 is 0 Å². The molecule has 0 bridgehead atoms. The second-order valence-corrected chi connectivity index (χ2v) is 4.30. The van der Waals surface area contributed by atoms with Crippen molar-refractivity contribution in [3.05, 3.63) is 0 Å². The molecule has 0 radical (unpaired) electrons. The minimum atomic E-state index is -0.922. The van der Waals surface area contributed by atoms with Gasteiger partial charge in [-0.1, -0.05) is 13.8 Å². The van der Waals surface area contributed by atoms with Crippen LogP contribution in [0, 0.1) is 5.92 Å². The maximum atomic E-state index is 11.7. The van der Waals surface area contributed by atoms with Gasteiger partial charge in [-0.25, -0.2) is 0 Å². The number of carbonyl (C=O) groups is 2. The molecule has 1 amide bonds. The highest BCUT2D eigenvalue weighted by Crippen LogP contribution is 2.04. The van der Waals surface area contributed by atoms with Crippen molar-refractivity contribution in [2.45, 2.75) is 39.8 Å². The van der Waals surface area contributed by atoms with Gasteiger partial charge in [0.1, 0.15) is 6.04 Å². The number of aliphatic carboxylic acids is 1. The molecule has 5 nitrogen and oxygen atoms in total. The quantitative estimate of drug-likeness (QED) is 0.699. The Morgan fingerprint density at radius 3 is 2.12 bits per heavy atom. The summed E-state index contributed by atoms with van der Waals surface area (Å²) >= 11 is 0. The summed E-state index contributed by atoms with van der Waals surface area (Å²) in [5.74, 6) is -1.07. The van der Waals surface area contributed by atoms with E-state index in [4.69, 9.17) is 5.11 Å². The van der Waals surface area contributed by atoms with Gasteiger partial charge in [0.25, 0.3) is 0 Å². The Labute approximate surface area is 96.8 Å². The molecule has 0 aromatic heterocycles. The van der Waals surface area contributed by atoms with Crippen LogP contribution in [-0.2, 0) is 9.59 Å². The van der Waals surface area contributed by atoms with Crippen molar-refractivity contribution in [2.24, 2.45) is 5.92 Å². The molecule has 0 aliphatic carbocycles. The number of rotatable bonds is 6. The topological polar surface area (TPSA) is 69.6 Å². The molecule has 0 spiro atoms. The van der Waals surface area contributed by atoms with E-state index in [9.17, 15) is 9.59 Å². The lowest BCUT2D eigenvalue weighted by Gasteiger charge is -2.25. The number of carboxylic acids is 1. The van der Waals surface area contributed by atoms with Crippen molar-refractivity contribution in [3.8, 4) is 0 Å². The molecule has 2 unspecified atom stereocenters. The number of nitrogens with zero attached hydrogens (tertiary/aromatic N) is 1. The molecule has 2 atom stereocenters. The Kier molecular flexibility index (Phi) is 6.03. The summed E-state index contributed by atoms with van der Waals surface area (Å²) in [5.41, 5.74) is 0. The predicted molar refractivity (Wildman–Crippen MR) is 62.2 cm³/mol. The number of carboxylic acid groups (broad SMARTS) is 1. The van der Waals surface area contributed by atoms with E-state index in [1.807, 2.05) is 20.8 Å². The Balaban J connectivity index is 4.46. The van der Waals surface area contributed by atoms with Gasteiger partial charge in [-0.2, -0.15) is 0 Å². The van der Waals surface area contributed by atoms with Crippen molar-refractivity contribution < 1.29 is 14.7 Å². The van der Waals surface area contributed by atoms with Gasteiger partial charge in [-0.15, -0.1) is 0 Å². The van der Waals surface area contributed by atoms with Gasteiger partial charge >= 0.3 is 5.97 Å². The van der Waals surface area contributed by atoms with E-state index in [-0.39, 0.29) is 11.8 Å². The third-order valence-corrected chi connectivity index (χ3v) is 2.58. The summed E-state index contributed by atoms with van der Waals surface area (Å²) in [5, 5.41) is 11.8. The maximum Gasteiger partial charge on any atom is 0.320 e. The highest BCUT2D eigenvalue weighted by molar-refractivity contribution is 5.82. The van der Waals surface area contributed by atoms with Crippen LogP contribution in [0.3, 0.4) is 0 Å². The minimum Gasteiger partial charge on any atom is -0.480 e. The van der Waals surface area contributed by atoms with Crippen molar-refractivity contribution in [2.75, 3.05) is 13.6 Å². The fraction of sp³-hybridized carbons (Fsp3) is 0.818. The lowest BCUT2D eigenvalue weighted by molar-refractivity contribution is -0.141. The number of hydrogen-bond acceptors (Lipinski definition) is 3. The summed E-state index contributed by atoms with van der Waals surface area (Å²) in [4.78, 5) is 24.2. The van der Waals surface area contributed by atoms with Crippen LogP contribution in [0.15, 0.2) is 0 Å². The minimum absolute atomic E-state index is 0.0558. The van der Waals surface area contributed by atoms with Gasteiger partial charge in [0.2, 0.25) is 5.91 Å². The normalized spacial score (nSPS) is 14.6. The van der Waals surface area contributed by atoms with Gasteiger partial charge in [0.05, 0.1) is 6.04 Å². The average Bonchev–Trinajstić information content (AvgIpc) is 2.22. The monoisotopic (exact) mass is 230 g/mol. The largest absolute Gasteiger partial charge is 0.480 e. The van der Waals surface area contributed by atoms with Gasteiger partial charge in [-0.05, 0) is 19.8 Å². The summed E-state index contributed by atoms with van der Waals surface area (Å²) in [6.45, 7) is 7.80. The van der Waals surface area contributed by atoms with Crippen LogP contribution in [0.2, 0.25) is 0 Å². The second-order valence-electron chi connectivity index (χ2n) is 4.30. The highest BCUT2D eigenvalue weighted by Gasteiger charge is 2.26. The zero-order chi connectivity index (χ0) is 12.9. The SMILES string of the molecule is CCN(C)C(=O)C(C)NC(C(=O)O)C(C)C. The molecule has 0 aromatic rings. The molecule has 16 heavy (non-hydrogen) atoms. The first-order valence-electron chi connectivity index (χ1n) is 5.55. The lowest BCUT2D eigenvalue weighted by atomic mass is 10.0. The van der Waals surface area contributed by atoms with E-state index in [0.29, 0.717) is 6.54 Å². The summed E-state index contributed by atoms with van der Waals surface area (Å²) in [6, 6.07) is -1.17. The Morgan fingerprint density at radius 2 is 1.81 bits per heavy atom. The molecule has 0 rings (SSSR count). The van der Waals surface area contributed by atoms with Gasteiger partial charge in [0.15, 0.2) is 0 Å². The van der Waals surface area contributed by atoms with E-state index in [0.717, 1.165) is 0 Å². The molecule has 2 N–H and O–H groups in total. The van der Waals surface area contributed by atoms with E-state index >= 15 is 0 Å². The number of carbonyl (C=O) groups excluding carboxylic acids is 1. The first-order chi connectivity index (χ1) is 7.31. The number of amides is 1. The van der Waals surface area contributed by atoms with E-state index in [1.165, 1.54) is 0 Å². The third kappa shape index (κ3) is 4.18. The number of hydrogen-bond donors (Lipinski definition) is 2. The van der Waals surface area contributed by atoms with Gasteiger partial charge < -0.3 is 10.0 Å². The molecular formula is C11H22N2O3. The van der Waals surface area contributed by atoms with E-state index < -0.39 is 18.1 Å². The zero-order valence-electron chi connectivity index (χ0n) is 10.7. The predicted octanol–water partition coefficient (Wildman–Crippen LogP) is 0.552. The van der Waals surface area contributed by atoms with Crippen molar-refractivity contribution >= 4 is 11.9 Å².